The molecule has 0 spiro atoms. The van der Waals surface area contributed by atoms with E-state index in [1.165, 1.54) is 6.08 Å². The van der Waals surface area contributed by atoms with Gasteiger partial charge >= 0.3 is 5.97 Å². The third kappa shape index (κ3) is 7.30. The van der Waals surface area contributed by atoms with Gasteiger partial charge in [0.2, 0.25) is 0 Å². The van der Waals surface area contributed by atoms with Crippen LogP contribution in [0.2, 0.25) is 0 Å². The number of carbonyl (C=O) groups excluding carboxylic acids is 1. The smallest absolute Gasteiger partial charge is 0.330 e. The van der Waals surface area contributed by atoms with E-state index >= 15 is 0 Å². The van der Waals surface area contributed by atoms with Gasteiger partial charge < -0.3 is 9.47 Å². The van der Waals surface area contributed by atoms with Gasteiger partial charge in [0, 0.05) is 6.08 Å². The fourth-order valence-corrected chi connectivity index (χ4v) is 2.24. The van der Waals surface area contributed by atoms with Gasteiger partial charge in [-0.15, -0.1) is 5.11 Å². The largest absolute Gasteiger partial charge is 0.491 e. The van der Waals surface area contributed by atoms with E-state index < -0.39 is 0 Å². The molecule has 0 aliphatic carbocycles. The Kier molecular flexibility index (Phi) is 8.63. The molecule has 0 amide bonds. The van der Waals surface area contributed by atoms with Crippen molar-refractivity contribution in [1.29, 1.82) is 0 Å². The Morgan fingerprint density at radius 1 is 0.885 bits per heavy atom. The van der Waals surface area contributed by atoms with Crippen LogP contribution in [0.15, 0.2) is 77.5 Å². The molecule has 0 radical (unpaired) electrons. The number of azo groups is 1. The minimum atomic E-state index is -0.366. The van der Waals surface area contributed by atoms with Gasteiger partial charge in [0.15, 0.2) is 0 Å². The maximum absolute atomic E-state index is 10.9. The summed E-state index contributed by atoms with van der Waals surface area (Å²) in [5.74, 6) is 0.363. The number of nitrogens with zero attached hydrogens (tertiary/aromatic N) is 2. The zero-order valence-corrected chi connectivity index (χ0v) is 14.8. The van der Waals surface area contributed by atoms with Crippen molar-refractivity contribution in [2.75, 3.05) is 13.2 Å². The highest BCUT2D eigenvalue weighted by Crippen LogP contribution is 2.28. The molecule has 0 heterocycles. The molecule has 0 saturated heterocycles. The number of hydrogen-bond acceptors (Lipinski definition) is 5. The molecule has 0 unspecified atom stereocenters. The van der Waals surface area contributed by atoms with Crippen LogP contribution in [-0.4, -0.2) is 19.2 Å². The van der Waals surface area contributed by atoms with Gasteiger partial charge in [0.25, 0.3) is 0 Å². The molecule has 5 nitrogen and oxygen atoms in total. The van der Waals surface area contributed by atoms with Crippen LogP contribution in [0.3, 0.4) is 0 Å². The summed E-state index contributed by atoms with van der Waals surface area (Å²) in [7, 11) is 0. The normalized spacial score (nSPS) is 10.6. The third-order valence-electron chi connectivity index (χ3n) is 3.60. The third-order valence-corrected chi connectivity index (χ3v) is 3.60. The monoisotopic (exact) mass is 352 g/mol. The number of hydrogen-bond donors (Lipinski definition) is 0. The molecule has 0 saturated carbocycles. The van der Waals surface area contributed by atoms with Gasteiger partial charge in [0.05, 0.1) is 18.9 Å². The van der Waals surface area contributed by atoms with Crippen LogP contribution in [0.5, 0.6) is 5.75 Å². The molecule has 2 rings (SSSR count). The van der Waals surface area contributed by atoms with E-state index in [-0.39, 0.29) is 5.97 Å². The highest BCUT2D eigenvalue weighted by Gasteiger charge is 2.02. The Morgan fingerprint density at radius 2 is 1.58 bits per heavy atom. The fraction of sp³-hybridized carbons (Fsp3) is 0.286. The van der Waals surface area contributed by atoms with Crippen molar-refractivity contribution >= 4 is 17.3 Å². The Balaban J connectivity index is 1.70. The molecule has 0 N–H and O–H groups in total. The van der Waals surface area contributed by atoms with E-state index in [0.717, 1.165) is 37.1 Å². The number of carbonyl (C=O) groups is 1. The standard InChI is InChI=1S/C21H24N2O3/c1-2-21(24)26-17-11-4-3-10-16-25-20-15-9-8-14-19(20)23-22-18-12-6-5-7-13-18/h2,5-9,12-15H,1,3-4,10-11,16-17H2. The van der Waals surface area contributed by atoms with E-state index in [1.807, 2.05) is 54.6 Å². The molecule has 0 bridgehead atoms. The lowest BCUT2D eigenvalue weighted by Crippen LogP contribution is -2.02. The average Bonchev–Trinajstić information content (AvgIpc) is 2.69. The second kappa shape index (κ2) is 11.6. The Morgan fingerprint density at radius 3 is 2.35 bits per heavy atom. The topological polar surface area (TPSA) is 60.2 Å². The summed E-state index contributed by atoms with van der Waals surface area (Å²) in [6.07, 6.45) is 4.96. The van der Waals surface area contributed by atoms with Gasteiger partial charge in [-0.25, -0.2) is 4.79 Å². The van der Waals surface area contributed by atoms with Crippen LogP contribution in [0.4, 0.5) is 11.4 Å². The van der Waals surface area contributed by atoms with E-state index in [4.69, 9.17) is 9.47 Å². The Hall–Kier alpha value is -2.95. The number of benzene rings is 2. The van der Waals surface area contributed by atoms with Crippen LogP contribution >= 0.6 is 0 Å². The minimum absolute atomic E-state index is 0.366. The van der Waals surface area contributed by atoms with E-state index in [1.54, 1.807) is 0 Å². The van der Waals surface area contributed by atoms with Crippen molar-refractivity contribution in [1.82, 2.24) is 0 Å². The van der Waals surface area contributed by atoms with Crippen LogP contribution in [-0.2, 0) is 9.53 Å². The predicted molar refractivity (Wildman–Crippen MR) is 102 cm³/mol. The second-order valence-electron chi connectivity index (χ2n) is 5.64. The molecule has 0 aromatic heterocycles. The number of unbranched alkanes of at least 4 members (excludes halogenated alkanes) is 3. The van der Waals surface area contributed by atoms with Crippen molar-refractivity contribution in [3.63, 3.8) is 0 Å². The van der Waals surface area contributed by atoms with Crippen molar-refractivity contribution < 1.29 is 14.3 Å². The number of ether oxygens (including phenoxy) is 2. The van der Waals surface area contributed by atoms with Gasteiger partial charge in [0.1, 0.15) is 11.4 Å². The molecular formula is C21H24N2O3. The molecule has 0 fully saturated rings. The van der Waals surface area contributed by atoms with Gasteiger partial charge in [-0.05, 0) is 49.9 Å². The molecule has 136 valence electrons. The number of para-hydroxylation sites is 1. The quantitative estimate of drug-likeness (QED) is 0.223. The van der Waals surface area contributed by atoms with Crippen LogP contribution in [0, 0.1) is 0 Å². The van der Waals surface area contributed by atoms with Gasteiger partial charge in [-0.3, -0.25) is 0 Å². The predicted octanol–water partition coefficient (Wildman–Crippen LogP) is 5.77. The zero-order chi connectivity index (χ0) is 18.5. The first kappa shape index (κ1) is 19.4. The minimum Gasteiger partial charge on any atom is -0.491 e. The van der Waals surface area contributed by atoms with Crippen molar-refractivity contribution in [3.8, 4) is 5.75 Å². The fourth-order valence-electron chi connectivity index (χ4n) is 2.24. The SMILES string of the molecule is C=CC(=O)OCCCCCCOc1ccccc1N=Nc1ccccc1. The Labute approximate surface area is 154 Å². The summed E-state index contributed by atoms with van der Waals surface area (Å²) in [5, 5.41) is 8.52. The number of rotatable bonds is 11. The van der Waals surface area contributed by atoms with Crippen molar-refractivity contribution in [2.24, 2.45) is 10.2 Å². The first-order valence-electron chi connectivity index (χ1n) is 8.77. The first-order chi connectivity index (χ1) is 12.8. The maximum atomic E-state index is 10.9. The first-order valence-corrected chi connectivity index (χ1v) is 8.77. The molecule has 0 aliphatic heterocycles. The van der Waals surface area contributed by atoms with E-state index in [2.05, 4.69) is 16.8 Å². The lowest BCUT2D eigenvalue weighted by molar-refractivity contribution is -0.137. The molecule has 0 atom stereocenters. The van der Waals surface area contributed by atoms with Crippen LogP contribution in [0.25, 0.3) is 0 Å². The highest BCUT2D eigenvalue weighted by molar-refractivity contribution is 5.81. The lowest BCUT2D eigenvalue weighted by atomic mass is 10.2. The van der Waals surface area contributed by atoms with Crippen molar-refractivity contribution in [3.05, 3.63) is 67.3 Å². The molecule has 26 heavy (non-hydrogen) atoms. The van der Waals surface area contributed by atoms with Gasteiger partial charge in [-0.2, -0.15) is 5.11 Å². The summed E-state index contributed by atoms with van der Waals surface area (Å²) < 4.78 is 10.8. The zero-order valence-electron chi connectivity index (χ0n) is 14.8. The molecule has 0 aliphatic rings. The van der Waals surface area contributed by atoms with Crippen LogP contribution < -0.4 is 4.74 Å². The highest BCUT2D eigenvalue weighted by atomic mass is 16.5. The van der Waals surface area contributed by atoms with Crippen molar-refractivity contribution in [2.45, 2.75) is 25.7 Å². The summed E-state index contributed by atoms with van der Waals surface area (Å²) in [6, 6.07) is 17.2. The van der Waals surface area contributed by atoms with Gasteiger partial charge in [-0.1, -0.05) is 36.9 Å². The summed E-state index contributed by atoms with van der Waals surface area (Å²) in [4.78, 5) is 10.9. The summed E-state index contributed by atoms with van der Waals surface area (Å²) in [6.45, 7) is 4.42. The lowest BCUT2D eigenvalue weighted by Gasteiger charge is -2.08. The van der Waals surface area contributed by atoms with Crippen LogP contribution in [0.1, 0.15) is 25.7 Å². The molecule has 5 heteroatoms. The molecule has 2 aromatic carbocycles. The van der Waals surface area contributed by atoms with E-state index in [9.17, 15) is 4.79 Å². The summed E-state index contributed by atoms with van der Waals surface area (Å²) >= 11 is 0. The Bertz CT molecular complexity index is 714. The second-order valence-corrected chi connectivity index (χ2v) is 5.64. The summed E-state index contributed by atoms with van der Waals surface area (Å²) in [5.41, 5.74) is 1.52. The van der Waals surface area contributed by atoms with E-state index in [0.29, 0.717) is 18.9 Å². The molecule has 2 aromatic rings. The number of esters is 1. The molecular weight excluding hydrogens is 328 g/mol. The maximum Gasteiger partial charge on any atom is 0.330 e. The average molecular weight is 352 g/mol.